The fourth-order valence-electron chi connectivity index (χ4n) is 1.70. The molecule has 0 spiro atoms. The Hall–Kier alpha value is -1.85. The van der Waals surface area contributed by atoms with Crippen LogP contribution < -0.4 is 10.6 Å². The van der Waals surface area contributed by atoms with Gasteiger partial charge in [0.2, 0.25) is 0 Å². The summed E-state index contributed by atoms with van der Waals surface area (Å²) >= 11 is 11.8. The van der Waals surface area contributed by atoms with E-state index in [2.05, 4.69) is 27.5 Å². The van der Waals surface area contributed by atoms with Gasteiger partial charge in [0.15, 0.2) is 0 Å². The number of halogens is 2. The number of nitrogens with one attached hydrogen (secondary N) is 2. The summed E-state index contributed by atoms with van der Waals surface area (Å²) in [6.45, 7) is 2.70. The van der Waals surface area contributed by atoms with E-state index in [0.717, 1.165) is 18.5 Å². The van der Waals surface area contributed by atoms with Gasteiger partial charge < -0.3 is 10.6 Å². The van der Waals surface area contributed by atoms with Gasteiger partial charge in [-0.2, -0.15) is 0 Å². The van der Waals surface area contributed by atoms with Gasteiger partial charge in [0.05, 0.1) is 22.4 Å². The first-order valence-electron chi connectivity index (χ1n) is 6.92. The largest absolute Gasteiger partial charge is 0.351 e. The molecule has 0 unspecified atom stereocenters. The maximum atomic E-state index is 11.8. The lowest BCUT2D eigenvalue weighted by molar-refractivity contribution is 0.0948. The first kappa shape index (κ1) is 16.5. The van der Waals surface area contributed by atoms with Gasteiger partial charge in [0.1, 0.15) is 11.5 Å². The van der Waals surface area contributed by atoms with Gasteiger partial charge >= 0.3 is 0 Å². The number of carbonyl (C=O) groups is 1. The number of rotatable bonds is 6. The minimum atomic E-state index is -0.220. The smallest absolute Gasteiger partial charge is 0.271 e. The fraction of sp³-hybridized carbons (Fsp3) is 0.267. The Morgan fingerprint density at radius 2 is 2.00 bits per heavy atom. The van der Waals surface area contributed by atoms with Crippen LogP contribution >= 0.6 is 23.2 Å². The van der Waals surface area contributed by atoms with Crippen LogP contribution in [0.2, 0.25) is 10.0 Å². The molecule has 0 bridgehead atoms. The summed E-state index contributed by atoms with van der Waals surface area (Å²) in [5.41, 5.74) is 1.03. The zero-order valence-corrected chi connectivity index (χ0v) is 13.6. The van der Waals surface area contributed by atoms with Crippen molar-refractivity contribution in [2.45, 2.75) is 19.8 Å². The third-order valence-electron chi connectivity index (χ3n) is 2.89. The van der Waals surface area contributed by atoms with Crippen LogP contribution in [0.3, 0.4) is 0 Å². The second-order valence-electron chi connectivity index (χ2n) is 4.65. The van der Waals surface area contributed by atoms with Gasteiger partial charge in [-0.15, -0.1) is 0 Å². The van der Waals surface area contributed by atoms with E-state index in [1.165, 1.54) is 12.4 Å². The predicted octanol–water partition coefficient (Wildman–Crippen LogP) is 4.06. The molecule has 2 N–H and O–H groups in total. The molecule has 0 atom stereocenters. The van der Waals surface area contributed by atoms with Crippen molar-refractivity contribution in [3.05, 3.63) is 46.3 Å². The Bertz CT molecular complexity index is 646. The molecular formula is C15H16Cl2N4O. The lowest BCUT2D eigenvalue weighted by atomic mass is 10.3. The molecule has 1 amide bonds. The zero-order chi connectivity index (χ0) is 15.9. The number of amides is 1. The highest BCUT2D eigenvalue weighted by atomic mass is 35.5. The Labute approximate surface area is 139 Å². The fourth-order valence-corrected chi connectivity index (χ4v) is 2.00. The first-order chi connectivity index (χ1) is 10.6. The molecular weight excluding hydrogens is 323 g/mol. The molecule has 7 heteroatoms. The molecule has 0 aliphatic carbocycles. The van der Waals surface area contributed by atoms with Crippen LogP contribution in [-0.2, 0) is 0 Å². The van der Waals surface area contributed by atoms with Crippen LogP contribution in [0.1, 0.15) is 30.3 Å². The topological polar surface area (TPSA) is 66.9 Å². The molecule has 1 aromatic heterocycles. The molecule has 0 radical (unpaired) electrons. The van der Waals surface area contributed by atoms with Crippen LogP contribution in [-0.4, -0.2) is 22.4 Å². The van der Waals surface area contributed by atoms with Crippen LogP contribution in [0.5, 0.6) is 0 Å². The zero-order valence-electron chi connectivity index (χ0n) is 12.1. The quantitative estimate of drug-likeness (QED) is 0.779. The maximum Gasteiger partial charge on any atom is 0.271 e. The van der Waals surface area contributed by atoms with Gasteiger partial charge in [-0.3, -0.25) is 4.79 Å². The molecule has 5 nitrogen and oxygen atoms in total. The third-order valence-corrected chi connectivity index (χ3v) is 3.63. The van der Waals surface area contributed by atoms with Gasteiger partial charge in [-0.25, -0.2) is 9.97 Å². The van der Waals surface area contributed by atoms with E-state index in [1.807, 2.05) is 0 Å². The maximum absolute atomic E-state index is 11.8. The molecule has 2 rings (SSSR count). The van der Waals surface area contributed by atoms with Crippen LogP contribution in [0, 0.1) is 0 Å². The first-order valence-corrected chi connectivity index (χ1v) is 7.68. The van der Waals surface area contributed by atoms with E-state index >= 15 is 0 Å². The number of hydrogen-bond acceptors (Lipinski definition) is 4. The van der Waals surface area contributed by atoms with Crippen LogP contribution in [0.15, 0.2) is 30.6 Å². The number of carbonyl (C=O) groups excluding carboxylic acids is 1. The lowest BCUT2D eigenvalue weighted by Gasteiger charge is -2.07. The minimum absolute atomic E-state index is 0.220. The SMILES string of the molecule is CCCCNC(=O)c1cnc(Nc2ccc(Cl)c(Cl)c2)cn1. The summed E-state index contributed by atoms with van der Waals surface area (Å²) in [6.07, 6.45) is 4.90. The van der Waals surface area contributed by atoms with E-state index < -0.39 is 0 Å². The van der Waals surface area contributed by atoms with Crippen molar-refractivity contribution in [3.8, 4) is 0 Å². The monoisotopic (exact) mass is 338 g/mol. The van der Waals surface area contributed by atoms with Crippen molar-refractivity contribution in [1.82, 2.24) is 15.3 Å². The molecule has 1 aromatic carbocycles. The van der Waals surface area contributed by atoms with E-state index in [9.17, 15) is 4.79 Å². The summed E-state index contributed by atoms with van der Waals surface area (Å²) in [7, 11) is 0. The predicted molar refractivity (Wildman–Crippen MR) is 89.0 cm³/mol. The van der Waals surface area contributed by atoms with E-state index in [1.54, 1.807) is 18.2 Å². The second kappa shape index (κ2) is 7.96. The normalized spacial score (nSPS) is 10.3. The van der Waals surface area contributed by atoms with Crippen molar-refractivity contribution in [2.75, 3.05) is 11.9 Å². The number of unbranched alkanes of at least 4 members (excludes halogenated alkanes) is 1. The number of nitrogens with zero attached hydrogens (tertiary/aromatic N) is 2. The van der Waals surface area contributed by atoms with E-state index in [4.69, 9.17) is 23.2 Å². The summed E-state index contributed by atoms with van der Waals surface area (Å²) in [4.78, 5) is 20.1. The van der Waals surface area contributed by atoms with Crippen molar-refractivity contribution in [3.63, 3.8) is 0 Å². The second-order valence-corrected chi connectivity index (χ2v) is 5.46. The highest BCUT2D eigenvalue weighted by Gasteiger charge is 2.07. The number of benzene rings is 1. The van der Waals surface area contributed by atoms with Crippen LogP contribution in [0.4, 0.5) is 11.5 Å². The molecule has 0 fully saturated rings. The molecule has 116 valence electrons. The lowest BCUT2D eigenvalue weighted by Crippen LogP contribution is -2.25. The van der Waals surface area contributed by atoms with Gasteiger partial charge in [-0.05, 0) is 24.6 Å². The average Bonchev–Trinajstić information content (AvgIpc) is 2.52. The molecule has 0 saturated heterocycles. The van der Waals surface area contributed by atoms with Crippen LogP contribution in [0.25, 0.3) is 0 Å². The Morgan fingerprint density at radius 1 is 1.18 bits per heavy atom. The van der Waals surface area contributed by atoms with Crippen molar-refractivity contribution in [2.24, 2.45) is 0 Å². The number of aromatic nitrogens is 2. The third kappa shape index (κ3) is 4.58. The van der Waals surface area contributed by atoms with Gasteiger partial charge in [-0.1, -0.05) is 36.5 Å². The standard InChI is InChI=1S/C15H16Cl2N4O/c1-2-3-6-18-15(22)13-8-20-14(9-19-13)21-10-4-5-11(16)12(17)7-10/h4-5,7-9H,2-3,6H2,1H3,(H,18,22)(H,20,21). The molecule has 0 aliphatic rings. The molecule has 0 saturated carbocycles. The van der Waals surface area contributed by atoms with Crippen molar-refractivity contribution < 1.29 is 4.79 Å². The summed E-state index contributed by atoms with van der Waals surface area (Å²) in [5.74, 6) is 0.297. The highest BCUT2D eigenvalue weighted by Crippen LogP contribution is 2.26. The Morgan fingerprint density at radius 3 is 2.64 bits per heavy atom. The number of anilines is 2. The summed E-state index contributed by atoms with van der Waals surface area (Å²) in [6, 6.07) is 5.16. The summed E-state index contributed by atoms with van der Waals surface area (Å²) in [5, 5.41) is 6.76. The van der Waals surface area contributed by atoms with Crippen molar-refractivity contribution >= 4 is 40.6 Å². The molecule has 1 heterocycles. The molecule has 0 aliphatic heterocycles. The Kier molecular flexibility index (Phi) is 5.98. The van der Waals surface area contributed by atoms with E-state index in [-0.39, 0.29) is 11.6 Å². The molecule has 2 aromatic rings. The molecule has 22 heavy (non-hydrogen) atoms. The van der Waals surface area contributed by atoms with Crippen molar-refractivity contribution in [1.29, 1.82) is 0 Å². The van der Waals surface area contributed by atoms with E-state index in [0.29, 0.717) is 22.4 Å². The minimum Gasteiger partial charge on any atom is -0.351 e. The Balaban J connectivity index is 1.99. The number of hydrogen-bond donors (Lipinski definition) is 2. The summed E-state index contributed by atoms with van der Waals surface area (Å²) < 4.78 is 0. The highest BCUT2D eigenvalue weighted by molar-refractivity contribution is 6.42. The average molecular weight is 339 g/mol. The van der Waals surface area contributed by atoms with Gasteiger partial charge in [0, 0.05) is 12.2 Å². The van der Waals surface area contributed by atoms with Gasteiger partial charge in [0.25, 0.3) is 5.91 Å².